The Morgan fingerprint density at radius 2 is 2.05 bits per heavy atom. The van der Waals surface area contributed by atoms with E-state index in [9.17, 15) is 4.79 Å². The Kier molecular flexibility index (Phi) is 3.37. The van der Waals surface area contributed by atoms with Crippen molar-refractivity contribution in [2.45, 2.75) is 44.8 Å². The van der Waals surface area contributed by atoms with Crippen molar-refractivity contribution in [2.75, 3.05) is 0 Å². The van der Waals surface area contributed by atoms with Crippen molar-refractivity contribution in [2.24, 2.45) is 0 Å². The number of hydrogen-bond donors (Lipinski definition) is 1. The van der Waals surface area contributed by atoms with Crippen molar-refractivity contribution in [1.82, 2.24) is 5.32 Å². The number of hydrogen-bond acceptors (Lipinski definition) is 3. The molecule has 0 unspecified atom stereocenters. The van der Waals surface area contributed by atoms with Crippen LogP contribution >= 0.6 is 0 Å². The second kappa shape index (κ2) is 5.52. The monoisotopic (exact) mass is 297 g/mol. The zero-order valence-corrected chi connectivity index (χ0v) is 12.4. The molecule has 0 bridgehead atoms. The highest BCUT2D eigenvalue weighted by molar-refractivity contribution is 5.91. The fraction of sp³-hybridized carbons (Fsp3) is 0.389. The molecule has 0 atom stereocenters. The van der Waals surface area contributed by atoms with Crippen LogP contribution in [0.25, 0.3) is 0 Å². The molecule has 2 aliphatic carbocycles. The molecule has 1 N–H and O–H groups in total. The van der Waals surface area contributed by atoms with Crippen molar-refractivity contribution in [3.63, 3.8) is 0 Å². The standard InChI is InChI=1S/C18H19NO3/c20-18(19-14-5-6-14)17-9-8-16(22-17)11-21-15-7-4-12-2-1-3-13(12)10-15/h4,7-10,14H,1-3,5-6,11H2,(H,19,20). The molecule has 1 saturated carbocycles. The first kappa shape index (κ1) is 13.4. The molecule has 1 amide bonds. The number of amides is 1. The number of carbonyl (C=O) groups is 1. The van der Waals surface area contributed by atoms with Gasteiger partial charge in [-0.1, -0.05) is 6.07 Å². The van der Waals surface area contributed by atoms with Crippen LogP contribution in [0.4, 0.5) is 0 Å². The molecule has 4 rings (SSSR count). The van der Waals surface area contributed by atoms with Crippen molar-refractivity contribution in [1.29, 1.82) is 0 Å². The molecule has 2 aromatic rings. The van der Waals surface area contributed by atoms with E-state index in [1.807, 2.05) is 6.07 Å². The van der Waals surface area contributed by atoms with E-state index in [0.717, 1.165) is 25.0 Å². The van der Waals surface area contributed by atoms with Gasteiger partial charge in [0.2, 0.25) is 0 Å². The van der Waals surface area contributed by atoms with E-state index in [1.165, 1.54) is 24.0 Å². The smallest absolute Gasteiger partial charge is 0.287 e. The Balaban J connectivity index is 1.37. The molecule has 0 saturated heterocycles. The van der Waals surface area contributed by atoms with Crippen molar-refractivity contribution in [3.05, 3.63) is 53.0 Å². The normalized spacial score (nSPS) is 16.4. The highest BCUT2D eigenvalue weighted by Gasteiger charge is 2.25. The third kappa shape index (κ3) is 2.86. The highest BCUT2D eigenvalue weighted by atomic mass is 16.5. The number of carbonyl (C=O) groups excluding carboxylic acids is 1. The summed E-state index contributed by atoms with van der Waals surface area (Å²) in [6.07, 6.45) is 5.68. The van der Waals surface area contributed by atoms with Crippen LogP contribution in [-0.2, 0) is 19.4 Å². The van der Waals surface area contributed by atoms with E-state index >= 15 is 0 Å². The largest absolute Gasteiger partial charge is 0.486 e. The first-order valence-corrected chi connectivity index (χ1v) is 7.92. The lowest BCUT2D eigenvalue weighted by Crippen LogP contribution is -2.24. The zero-order valence-electron chi connectivity index (χ0n) is 12.4. The summed E-state index contributed by atoms with van der Waals surface area (Å²) in [5.41, 5.74) is 2.82. The molecule has 0 radical (unpaired) electrons. The predicted octanol–water partition coefficient (Wildman–Crippen LogP) is 3.24. The van der Waals surface area contributed by atoms with Crippen molar-refractivity contribution < 1.29 is 13.9 Å². The van der Waals surface area contributed by atoms with Gasteiger partial charge in [0.1, 0.15) is 18.1 Å². The fourth-order valence-corrected chi connectivity index (χ4v) is 2.85. The van der Waals surface area contributed by atoms with Gasteiger partial charge in [0.05, 0.1) is 0 Å². The van der Waals surface area contributed by atoms with Gasteiger partial charge in [0.25, 0.3) is 5.91 Å². The number of nitrogens with one attached hydrogen (secondary N) is 1. The number of aryl methyl sites for hydroxylation is 2. The van der Waals surface area contributed by atoms with Crippen LogP contribution in [0.2, 0.25) is 0 Å². The average molecular weight is 297 g/mol. The van der Waals surface area contributed by atoms with Gasteiger partial charge in [-0.25, -0.2) is 0 Å². The minimum Gasteiger partial charge on any atom is -0.486 e. The second-order valence-electron chi connectivity index (χ2n) is 6.09. The first-order valence-electron chi connectivity index (χ1n) is 7.92. The van der Waals surface area contributed by atoms with Crippen LogP contribution in [0.3, 0.4) is 0 Å². The average Bonchev–Trinajstić information content (AvgIpc) is 3.05. The third-order valence-corrected chi connectivity index (χ3v) is 4.25. The Hall–Kier alpha value is -2.23. The number of rotatable bonds is 5. The molecule has 1 aromatic heterocycles. The number of ether oxygens (including phenoxy) is 1. The van der Waals surface area contributed by atoms with Crippen LogP contribution in [-0.4, -0.2) is 11.9 Å². The lowest BCUT2D eigenvalue weighted by Gasteiger charge is -2.06. The minimum absolute atomic E-state index is 0.133. The lowest BCUT2D eigenvalue weighted by molar-refractivity contribution is 0.0919. The maximum atomic E-state index is 11.9. The predicted molar refractivity (Wildman–Crippen MR) is 82.0 cm³/mol. The van der Waals surface area contributed by atoms with E-state index < -0.39 is 0 Å². The van der Waals surface area contributed by atoms with Gasteiger partial charge < -0.3 is 14.5 Å². The van der Waals surface area contributed by atoms with Gasteiger partial charge in [0.15, 0.2) is 5.76 Å². The third-order valence-electron chi connectivity index (χ3n) is 4.25. The maximum Gasteiger partial charge on any atom is 0.287 e. The Morgan fingerprint density at radius 3 is 2.91 bits per heavy atom. The molecule has 0 spiro atoms. The van der Waals surface area contributed by atoms with E-state index in [-0.39, 0.29) is 5.91 Å². The molecule has 0 aliphatic heterocycles. The zero-order chi connectivity index (χ0) is 14.9. The first-order chi connectivity index (χ1) is 10.8. The molecule has 114 valence electrons. The second-order valence-corrected chi connectivity index (χ2v) is 6.09. The molecule has 2 aliphatic rings. The molecular formula is C18H19NO3. The summed E-state index contributed by atoms with van der Waals surface area (Å²) in [6, 6.07) is 10.1. The van der Waals surface area contributed by atoms with Crippen LogP contribution in [0.15, 0.2) is 34.7 Å². The molecule has 22 heavy (non-hydrogen) atoms. The van der Waals surface area contributed by atoms with Gasteiger partial charge in [-0.3, -0.25) is 4.79 Å². The summed E-state index contributed by atoms with van der Waals surface area (Å²) in [4.78, 5) is 11.9. The van der Waals surface area contributed by atoms with Crippen LogP contribution in [0, 0.1) is 0 Å². The quantitative estimate of drug-likeness (QED) is 0.921. The lowest BCUT2D eigenvalue weighted by atomic mass is 10.1. The maximum absolute atomic E-state index is 11.9. The Labute approximate surface area is 129 Å². The van der Waals surface area contributed by atoms with Gasteiger partial charge in [-0.05, 0) is 67.5 Å². The summed E-state index contributed by atoms with van der Waals surface area (Å²) in [6.45, 7) is 0.343. The fourth-order valence-electron chi connectivity index (χ4n) is 2.85. The molecule has 4 nitrogen and oxygen atoms in total. The SMILES string of the molecule is O=C(NC1CC1)c1ccc(COc2ccc3c(c2)CCC3)o1. The topological polar surface area (TPSA) is 51.5 Å². The summed E-state index contributed by atoms with van der Waals surface area (Å²) in [7, 11) is 0. The molecular weight excluding hydrogens is 278 g/mol. The molecule has 1 heterocycles. The van der Waals surface area contributed by atoms with Gasteiger partial charge in [-0.15, -0.1) is 0 Å². The van der Waals surface area contributed by atoms with Gasteiger partial charge >= 0.3 is 0 Å². The van der Waals surface area contributed by atoms with E-state index in [2.05, 4.69) is 17.4 Å². The molecule has 1 fully saturated rings. The van der Waals surface area contributed by atoms with Crippen LogP contribution in [0.1, 0.15) is 46.7 Å². The summed E-state index contributed by atoms with van der Waals surface area (Å²) in [5, 5.41) is 2.91. The van der Waals surface area contributed by atoms with Gasteiger partial charge in [0, 0.05) is 6.04 Å². The number of furan rings is 1. The van der Waals surface area contributed by atoms with Crippen LogP contribution < -0.4 is 10.1 Å². The summed E-state index contributed by atoms with van der Waals surface area (Å²) < 4.78 is 11.3. The van der Waals surface area contributed by atoms with E-state index in [0.29, 0.717) is 24.2 Å². The van der Waals surface area contributed by atoms with E-state index in [4.69, 9.17) is 9.15 Å². The number of fused-ring (bicyclic) bond motifs is 1. The number of benzene rings is 1. The van der Waals surface area contributed by atoms with Crippen LogP contribution in [0.5, 0.6) is 5.75 Å². The Bertz CT molecular complexity index is 700. The minimum atomic E-state index is -0.133. The molecule has 4 heteroatoms. The Morgan fingerprint density at radius 1 is 1.18 bits per heavy atom. The van der Waals surface area contributed by atoms with Crippen molar-refractivity contribution >= 4 is 5.91 Å². The van der Waals surface area contributed by atoms with Gasteiger partial charge in [-0.2, -0.15) is 0 Å². The molecule has 1 aromatic carbocycles. The summed E-state index contributed by atoms with van der Waals surface area (Å²) in [5.74, 6) is 1.76. The van der Waals surface area contributed by atoms with E-state index in [1.54, 1.807) is 12.1 Å². The summed E-state index contributed by atoms with van der Waals surface area (Å²) >= 11 is 0. The highest BCUT2D eigenvalue weighted by Crippen LogP contribution is 2.26. The van der Waals surface area contributed by atoms with Crippen molar-refractivity contribution in [3.8, 4) is 5.75 Å².